The Labute approximate surface area is 91.7 Å². The first-order valence-electron chi connectivity index (χ1n) is 4.67. The molecule has 0 aliphatic carbocycles. The number of nitrogens with zero attached hydrogens (tertiary/aromatic N) is 3. The van der Waals surface area contributed by atoms with Crippen LogP contribution in [0.3, 0.4) is 0 Å². The van der Waals surface area contributed by atoms with Gasteiger partial charge in [-0.2, -0.15) is 5.10 Å². The molecule has 0 saturated heterocycles. The number of anilines is 2. The van der Waals surface area contributed by atoms with Gasteiger partial charge in [0.1, 0.15) is 11.5 Å². The second-order valence-corrected chi connectivity index (χ2v) is 3.24. The molecule has 6 heteroatoms. The molecule has 0 unspecified atom stereocenters. The van der Waals surface area contributed by atoms with Crippen LogP contribution >= 0.6 is 0 Å². The largest absolute Gasteiger partial charge is 0.335 e. The van der Waals surface area contributed by atoms with Crippen LogP contribution in [-0.2, 0) is 7.05 Å². The normalized spacial score (nSPS) is 10.1. The summed E-state index contributed by atoms with van der Waals surface area (Å²) in [6.45, 7) is 0. The quantitative estimate of drug-likeness (QED) is 0.632. The lowest BCUT2D eigenvalue weighted by molar-refractivity contribution is -0.383. The van der Waals surface area contributed by atoms with Crippen LogP contribution < -0.4 is 5.32 Å². The zero-order valence-electron chi connectivity index (χ0n) is 8.62. The molecule has 0 spiro atoms. The van der Waals surface area contributed by atoms with Gasteiger partial charge in [0.15, 0.2) is 0 Å². The summed E-state index contributed by atoms with van der Waals surface area (Å²) in [4.78, 5) is 10.4. The van der Waals surface area contributed by atoms with E-state index in [1.165, 1.54) is 6.07 Å². The Morgan fingerprint density at radius 1 is 1.38 bits per heavy atom. The van der Waals surface area contributed by atoms with Gasteiger partial charge in [-0.1, -0.05) is 12.1 Å². The van der Waals surface area contributed by atoms with Crippen LogP contribution in [0.25, 0.3) is 0 Å². The van der Waals surface area contributed by atoms with Crippen molar-refractivity contribution in [3.63, 3.8) is 0 Å². The maximum Gasteiger partial charge on any atom is 0.292 e. The molecule has 1 aromatic carbocycles. The molecule has 1 N–H and O–H groups in total. The topological polar surface area (TPSA) is 73.0 Å². The summed E-state index contributed by atoms with van der Waals surface area (Å²) >= 11 is 0. The van der Waals surface area contributed by atoms with Gasteiger partial charge in [0.2, 0.25) is 0 Å². The highest BCUT2D eigenvalue weighted by Crippen LogP contribution is 2.26. The monoisotopic (exact) mass is 218 g/mol. The first kappa shape index (κ1) is 10.2. The van der Waals surface area contributed by atoms with Gasteiger partial charge in [0.25, 0.3) is 5.69 Å². The summed E-state index contributed by atoms with van der Waals surface area (Å²) in [5.74, 6) is 0.703. The molecule has 1 aromatic heterocycles. The van der Waals surface area contributed by atoms with E-state index >= 15 is 0 Å². The highest BCUT2D eigenvalue weighted by Gasteiger charge is 2.12. The smallest absolute Gasteiger partial charge is 0.292 e. The van der Waals surface area contributed by atoms with E-state index < -0.39 is 4.92 Å². The van der Waals surface area contributed by atoms with Crippen molar-refractivity contribution in [1.82, 2.24) is 9.78 Å². The molecule has 16 heavy (non-hydrogen) atoms. The molecule has 0 radical (unpaired) electrons. The molecule has 1 heterocycles. The molecule has 0 bridgehead atoms. The van der Waals surface area contributed by atoms with E-state index in [4.69, 9.17) is 0 Å². The summed E-state index contributed by atoms with van der Waals surface area (Å²) < 4.78 is 1.61. The number of aromatic nitrogens is 2. The van der Waals surface area contributed by atoms with Gasteiger partial charge in [0, 0.05) is 19.2 Å². The molecule has 2 rings (SSSR count). The van der Waals surface area contributed by atoms with Crippen molar-refractivity contribution < 1.29 is 4.92 Å². The fourth-order valence-electron chi connectivity index (χ4n) is 1.37. The van der Waals surface area contributed by atoms with Crippen molar-refractivity contribution in [1.29, 1.82) is 0 Å². The minimum absolute atomic E-state index is 0.0451. The van der Waals surface area contributed by atoms with Crippen molar-refractivity contribution >= 4 is 17.2 Å². The predicted molar refractivity (Wildman–Crippen MR) is 59.6 cm³/mol. The van der Waals surface area contributed by atoms with Gasteiger partial charge in [0.05, 0.1) is 11.1 Å². The second-order valence-electron chi connectivity index (χ2n) is 3.24. The van der Waals surface area contributed by atoms with Crippen molar-refractivity contribution in [2.45, 2.75) is 0 Å². The van der Waals surface area contributed by atoms with Crippen LogP contribution in [0.2, 0.25) is 0 Å². The van der Waals surface area contributed by atoms with Gasteiger partial charge in [-0.15, -0.1) is 0 Å². The third kappa shape index (κ3) is 1.85. The highest BCUT2D eigenvalue weighted by molar-refractivity contribution is 5.67. The van der Waals surface area contributed by atoms with Gasteiger partial charge < -0.3 is 5.32 Å². The molecule has 0 fully saturated rings. The van der Waals surface area contributed by atoms with Crippen LogP contribution in [0.15, 0.2) is 36.5 Å². The Hall–Kier alpha value is -2.37. The SMILES string of the molecule is Cn1nccc1Nc1ccccc1[N+](=O)[O-]. The van der Waals surface area contributed by atoms with Crippen LogP contribution in [-0.4, -0.2) is 14.7 Å². The number of rotatable bonds is 3. The van der Waals surface area contributed by atoms with Crippen molar-refractivity contribution in [3.8, 4) is 0 Å². The van der Waals surface area contributed by atoms with Crippen molar-refractivity contribution in [2.24, 2.45) is 7.05 Å². The number of nitro groups is 1. The molecular formula is C10H10N4O2. The average molecular weight is 218 g/mol. The van der Waals surface area contributed by atoms with Crippen molar-refractivity contribution in [2.75, 3.05) is 5.32 Å². The van der Waals surface area contributed by atoms with Gasteiger partial charge in [-0.05, 0) is 6.07 Å². The Bertz CT molecular complexity index is 521. The Morgan fingerprint density at radius 2 is 2.12 bits per heavy atom. The molecule has 0 aliphatic heterocycles. The number of hydrogen-bond acceptors (Lipinski definition) is 4. The minimum atomic E-state index is -0.418. The average Bonchev–Trinajstić information content (AvgIpc) is 2.65. The third-order valence-electron chi connectivity index (χ3n) is 2.18. The van der Waals surface area contributed by atoms with Gasteiger partial charge in [-0.3, -0.25) is 14.8 Å². The van der Waals surface area contributed by atoms with Crippen LogP contribution in [0.1, 0.15) is 0 Å². The molecular weight excluding hydrogens is 208 g/mol. The van der Waals surface area contributed by atoms with Crippen molar-refractivity contribution in [3.05, 3.63) is 46.6 Å². The molecule has 0 saturated carbocycles. The molecule has 6 nitrogen and oxygen atoms in total. The Kier molecular flexibility index (Phi) is 2.55. The Balaban J connectivity index is 2.35. The zero-order valence-corrected chi connectivity index (χ0v) is 8.62. The van der Waals surface area contributed by atoms with E-state index in [1.54, 1.807) is 42.2 Å². The number of hydrogen-bond donors (Lipinski definition) is 1. The maximum atomic E-state index is 10.8. The summed E-state index contributed by atoms with van der Waals surface area (Å²) in [5, 5.41) is 17.7. The number of para-hydroxylation sites is 2. The lowest BCUT2D eigenvalue weighted by atomic mass is 10.2. The molecule has 0 atom stereocenters. The van der Waals surface area contributed by atoms with Crippen LogP contribution in [0.5, 0.6) is 0 Å². The summed E-state index contributed by atoms with van der Waals surface area (Å²) in [6.07, 6.45) is 1.62. The lowest BCUT2D eigenvalue weighted by Gasteiger charge is -2.06. The van der Waals surface area contributed by atoms with E-state index in [0.29, 0.717) is 11.5 Å². The third-order valence-corrected chi connectivity index (χ3v) is 2.18. The zero-order chi connectivity index (χ0) is 11.5. The van der Waals surface area contributed by atoms with E-state index in [1.807, 2.05) is 0 Å². The summed E-state index contributed by atoms with van der Waals surface area (Å²) in [7, 11) is 1.76. The minimum Gasteiger partial charge on any atom is -0.335 e. The van der Waals surface area contributed by atoms with E-state index in [-0.39, 0.29) is 5.69 Å². The number of nitro benzene ring substituents is 1. The molecule has 2 aromatic rings. The second kappa shape index (κ2) is 4.01. The number of nitrogens with one attached hydrogen (secondary N) is 1. The fraction of sp³-hybridized carbons (Fsp3) is 0.100. The first-order valence-corrected chi connectivity index (χ1v) is 4.67. The number of aryl methyl sites for hydroxylation is 1. The van der Waals surface area contributed by atoms with Gasteiger partial charge in [-0.25, -0.2) is 0 Å². The Morgan fingerprint density at radius 3 is 2.75 bits per heavy atom. The number of benzene rings is 1. The van der Waals surface area contributed by atoms with E-state index in [9.17, 15) is 10.1 Å². The standard InChI is InChI=1S/C10H10N4O2/c1-13-10(6-7-11-13)12-8-4-2-3-5-9(8)14(15)16/h2-7,12H,1H3. The van der Waals surface area contributed by atoms with E-state index in [0.717, 1.165) is 0 Å². The van der Waals surface area contributed by atoms with Crippen LogP contribution in [0, 0.1) is 10.1 Å². The highest BCUT2D eigenvalue weighted by atomic mass is 16.6. The van der Waals surface area contributed by atoms with Crippen LogP contribution in [0.4, 0.5) is 17.2 Å². The maximum absolute atomic E-state index is 10.8. The summed E-state index contributed by atoms with van der Waals surface area (Å²) in [6, 6.07) is 8.23. The first-order chi connectivity index (χ1) is 7.68. The lowest BCUT2D eigenvalue weighted by Crippen LogP contribution is -2.01. The van der Waals surface area contributed by atoms with E-state index in [2.05, 4.69) is 10.4 Å². The molecule has 82 valence electrons. The summed E-state index contributed by atoms with van der Waals surface area (Å²) in [5.41, 5.74) is 0.500. The molecule has 0 aliphatic rings. The predicted octanol–water partition coefficient (Wildman–Crippen LogP) is 2.07. The fourth-order valence-corrected chi connectivity index (χ4v) is 1.37. The molecule has 0 amide bonds. The van der Waals surface area contributed by atoms with Gasteiger partial charge >= 0.3 is 0 Å².